The lowest BCUT2D eigenvalue weighted by atomic mass is 9.81. The Morgan fingerprint density at radius 3 is 2.05 bits per heavy atom. The van der Waals surface area contributed by atoms with Crippen molar-refractivity contribution < 1.29 is 35.5 Å². The minimum Gasteiger partial charge on any atom is -0.324 e. The fourth-order valence-corrected chi connectivity index (χ4v) is 5.08. The lowest BCUT2D eigenvalue weighted by Crippen LogP contribution is -2.35. The number of pyridine rings is 1. The fourth-order valence-electron chi connectivity index (χ4n) is 3.86. The number of nitrogens with zero attached hydrogens (tertiary/aromatic N) is 1. The zero-order valence-corrected chi connectivity index (χ0v) is 20.4. The van der Waals surface area contributed by atoms with Crippen LogP contribution in [0.25, 0.3) is 20.5 Å². The molecular weight excluding hydrogens is 521 g/mol. The first kappa shape index (κ1) is 26.6. The van der Waals surface area contributed by atoms with Crippen LogP contribution < -0.4 is 5.32 Å². The summed E-state index contributed by atoms with van der Waals surface area (Å²) in [5, 5.41) is 3.29. The number of carbonyl (C=O) groups is 1. The van der Waals surface area contributed by atoms with Crippen LogP contribution in [0.5, 0.6) is 0 Å². The maximum atomic E-state index is 13.7. The van der Waals surface area contributed by atoms with Crippen molar-refractivity contribution in [1.29, 1.82) is 0 Å². The summed E-state index contributed by atoms with van der Waals surface area (Å²) in [5.74, 6) is -1.28. The predicted molar refractivity (Wildman–Crippen MR) is 128 cm³/mol. The zero-order valence-electron chi connectivity index (χ0n) is 19.6. The third kappa shape index (κ3) is 5.18. The summed E-state index contributed by atoms with van der Waals surface area (Å²) < 4.78 is 94.9. The minimum atomic E-state index is -5.05. The number of thiophene rings is 1. The Balaban J connectivity index is 1.83. The van der Waals surface area contributed by atoms with Gasteiger partial charge in [0.2, 0.25) is 5.91 Å². The van der Waals surface area contributed by atoms with Crippen molar-refractivity contribution in [3.8, 4) is 10.4 Å². The number of rotatable bonds is 4. The van der Waals surface area contributed by atoms with Crippen molar-refractivity contribution in [3.05, 3.63) is 82.9 Å². The molecule has 37 heavy (non-hydrogen) atoms. The predicted octanol–water partition coefficient (Wildman–Crippen LogP) is 8.36. The lowest BCUT2D eigenvalue weighted by Gasteiger charge is -2.26. The molecule has 0 aliphatic rings. The van der Waals surface area contributed by atoms with Gasteiger partial charge in [-0.3, -0.25) is 9.78 Å². The monoisotopic (exact) mass is 540 g/mol. The molecule has 4 rings (SSSR count). The van der Waals surface area contributed by atoms with Crippen LogP contribution in [0.2, 0.25) is 0 Å². The van der Waals surface area contributed by atoms with Crippen LogP contribution in [0, 0.1) is 12.7 Å². The van der Waals surface area contributed by atoms with Crippen LogP contribution in [0.3, 0.4) is 0 Å². The summed E-state index contributed by atoms with van der Waals surface area (Å²) in [6.07, 6.45) is -7.05. The van der Waals surface area contributed by atoms with Crippen molar-refractivity contribution in [3.63, 3.8) is 0 Å². The van der Waals surface area contributed by atoms with Gasteiger partial charge >= 0.3 is 12.4 Å². The van der Waals surface area contributed by atoms with Crippen LogP contribution in [0.1, 0.15) is 36.1 Å². The van der Waals surface area contributed by atoms with E-state index in [4.69, 9.17) is 0 Å². The number of aryl methyl sites for hydroxylation is 1. The molecule has 4 aromatic rings. The molecule has 0 unspecified atom stereocenters. The number of carbonyl (C=O) groups excluding carboxylic acids is 1. The number of fused-ring (bicyclic) bond motifs is 1. The van der Waals surface area contributed by atoms with Gasteiger partial charge < -0.3 is 5.32 Å². The van der Waals surface area contributed by atoms with Gasteiger partial charge in [-0.2, -0.15) is 26.3 Å². The van der Waals surface area contributed by atoms with E-state index in [9.17, 15) is 35.5 Å². The SMILES string of the molecule is Cc1cc(F)ccc1-c1sc2cnccc2c1NC(=O)C(C)(C)c1cc(C(F)(F)F)cc(C(F)(F)F)c1. The van der Waals surface area contributed by atoms with E-state index in [2.05, 4.69) is 10.3 Å². The third-order valence-corrected chi connectivity index (χ3v) is 7.21. The Morgan fingerprint density at radius 1 is 0.892 bits per heavy atom. The molecule has 0 radical (unpaired) electrons. The lowest BCUT2D eigenvalue weighted by molar-refractivity contribution is -0.143. The molecule has 0 spiro atoms. The van der Waals surface area contributed by atoms with Crippen molar-refractivity contribution in [1.82, 2.24) is 4.98 Å². The van der Waals surface area contributed by atoms with Crippen LogP contribution in [-0.2, 0) is 22.6 Å². The molecule has 0 fully saturated rings. The van der Waals surface area contributed by atoms with E-state index in [0.29, 0.717) is 43.9 Å². The number of aromatic nitrogens is 1. The van der Waals surface area contributed by atoms with Crippen LogP contribution in [-0.4, -0.2) is 10.9 Å². The van der Waals surface area contributed by atoms with E-state index < -0.39 is 46.2 Å². The maximum Gasteiger partial charge on any atom is 0.416 e. The van der Waals surface area contributed by atoms with E-state index in [1.807, 2.05) is 0 Å². The fraction of sp³-hybridized carbons (Fsp3) is 0.231. The second-order valence-corrected chi connectivity index (χ2v) is 10.1. The molecule has 194 valence electrons. The average Bonchev–Trinajstić information content (AvgIpc) is 3.15. The summed E-state index contributed by atoms with van der Waals surface area (Å²) >= 11 is 1.26. The highest BCUT2D eigenvalue weighted by atomic mass is 32.1. The molecule has 3 nitrogen and oxygen atoms in total. The van der Waals surface area contributed by atoms with Crippen molar-refractivity contribution in [2.75, 3.05) is 5.32 Å². The van der Waals surface area contributed by atoms with E-state index in [1.54, 1.807) is 19.2 Å². The Kier molecular flexibility index (Phi) is 6.56. The average molecular weight is 541 g/mol. The number of nitrogens with one attached hydrogen (secondary N) is 1. The first-order chi connectivity index (χ1) is 17.1. The van der Waals surface area contributed by atoms with Crippen molar-refractivity contribution in [2.24, 2.45) is 0 Å². The Labute approximate surface area is 211 Å². The van der Waals surface area contributed by atoms with Gasteiger partial charge in [0, 0.05) is 17.8 Å². The van der Waals surface area contributed by atoms with Gasteiger partial charge in [-0.1, -0.05) is 6.07 Å². The van der Waals surface area contributed by atoms with Gasteiger partial charge in [-0.05, 0) is 73.9 Å². The zero-order chi connectivity index (χ0) is 27.3. The first-order valence-corrected chi connectivity index (χ1v) is 11.6. The molecule has 2 heterocycles. The van der Waals surface area contributed by atoms with E-state index >= 15 is 0 Å². The largest absolute Gasteiger partial charge is 0.416 e. The molecule has 0 saturated heterocycles. The second-order valence-electron chi connectivity index (χ2n) is 9.01. The summed E-state index contributed by atoms with van der Waals surface area (Å²) in [6, 6.07) is 6.85. The Morgan fingerprint density at radius 2 is 1.49 bits per heavy atom. The van der Waals surface area contributed by atoms with Crippen molar-refractivity contribution >= 4 is 33.0 Å². The molecule has 0 aliphatic carbocycles. The Hall–Kier alpha value is -3.47. The summed E-state index contributed by atoms with van der Waals surface area (Å²) in [6.45, 7) is 4.17. The molecule has 11 heteroatoms. The summed E-state index contributed by atoms with van der Waals surface area (Å²) in [5.41, 5.74) is -3.78. The molecule has 0 aliphatic heterocycles. The van der Waals surface area contributed by atoms with Crippen LogP contribution in [0.4, 0.5) is 36.4 Å². The molecule has 2 aromatic carbocycles. The van der Waals surface area contributed by atoms with Gasteiger partial charge in [0.05, 0.1) is 31.8 Å². The molecule has 0 atom stereocenters. The van der Waals surface area contributed by atoms with E-state index in [0.717, 1.165) is 0 Å². The number of benzene rings is 2. The first-order valence-electron chi connectivity index (χ1n) is 10.8. The summed E-state index contributed by atoms with van der Waals surface area (Å²) in [7, 11) is 0. The summed E-state index contributed by atoms with van der Waals surface area (Å²) in [4.78, 5) is 18.1. The van der Waals surface area contributed by atoms with Crippen LogP contribution in [0.15, 0.2) is 54.9 Å². The standard InChI is InChI=1S/C26H19F7N2OS/c1-13-8-17(27)4-5-18(13)22-21(19-6-7-34-12-20(19)37-22)35-23(36)24(2,3)14-9-15(25(28,29)30)11-16(10-14)26(31,32)33/h4-12H,1-3H3,(H,35,36). The van der Waals surface area contributed by atoms with Gasteiger partial charge in [-0.15, -0.1) is 11.3 Å². The van der Waals surface area contributed by atoms with Crippen molar-refractivity contribution in [2.45, 2.75) is 38.5 Å². The number of hydrogen-bond acceptors (Lipinski definition) is 3. The second kappa shape index (κ2) is 9.13. The molecule has 1 N–H and O–H groups in total. The Bertz CT molecular complexity index is 1470. The highest BCUT2D eigenvalue weighted by Crippen LogP contribution is 2.45. The maximum absolute atomic E-state index is 13.7. The highest BCUT2D eigenvalue weighted by Gasteiger charge is 2.40. The smallest absolute Gasteiger partial charge is 0.324 e. The van der Waals surface area contributed by atoms with Gasteiger partial charge in [-0.25, -0.2) is 4.39 Å². The molecule has 2 aromatic heterocycles. The minimum absolute atomic E-state index is 0.0201. The van der Waals surface area contributed by atoms with E-state index in [-0.39, 0.29) is 6.07 Å². The molecule has 1 amide bonds. The van der Waals surface area contributed by atoms with Crippen LogP contribution >= 0.6 is 11.3 Å². The molecular formula is C26H19F7N2OS. The van der Waals surface area contributed by atoms with E-state index in [1.165, 1.54) is 49.6 Å². The van der Waals surface area contributed by atoms with Gasteiger partial charge in [0.15, 0.2) is 0 Å². The molecule has 0 bridgehead atoms. The number of alkyl halides is 6. The quantitative estimate of drug-likeness (QED) is 0.264. The topological polar surface area (TPSA) is 42.0 Å². The molecule has 0 saturated carbocycles. The normalized spacial score (nSPS) is 12.7. The number of hydrogen-bond donors (Lipinski definition) is 1. The highest BCUT2D eigenvalue weighted by molar-refractivity contribution is 7.23. The van der Waals surface area contributed by atoms with Gasteiger partial charge in [0.25, 0.3) is 0 Å². The van der Waals surface area contributed by atoms with Gasteiger partial charge in [0.1, 0.15) is 5.82 Å². The number of halogens is 7. The number of amides is 1. The third-order valence-electron chi connectivity index (χ3n) is 6.04. The number of anilines is 1.